The van der Waals surface area contributed by atoms with E-state index in [1.54, 1.807) is 0 Å². The van der Waals surface area contributed by atoms with Crippen molar-refractivity contribution in [2.45, 2.75) is 13.5 Å². The highest BCUT2D eigenvalue weighted by Gasteiger charge is 2.07. The molecule has 1 aromatic heterocycles. The lowest BCUT2D eigenvalue weighted by Gasteiger charge is -2.08. The number of carbonyl (C=O) groups excluding carboxylic acids is 1. The zero-order valence-electron chi connectivity index (χ0n) is 12.4. The lowest BCUT2D eigenvalue weighted by molar-refractivity contribution is -0.111. The number of hydrogen-bond acceptors (Lipinski definition) is 2. The minimum atomic E-state index is -0.204. The van der Waals surface area contributed by atoms with Gasteiger partial charge >= 0.3 is 0 Å². The molecular weight excluding hydrogens is 274 g/mol. The Labute approximate surface area is 129 Å². The number of para-hydroxylation sites is 2. The molecule has 3 rings (SSSR count). The number of aromatic nitrogens is 2. The number of hydrogen-bond donors (Lipinski definition) is 1. The monoisotopic (exact) mass is 291 g/mol. The molecule has 0 aliphatic carbocycles. The number of nitrogens with one attached hydrogen (secondary N) is 1. The van der Waals surface area contributed by atoms with Gasteiger partial charge in [0.15, 0.2) is 0 Å². The van der Waals surface area contributed by atoms with E-state index in [0.717, 1.165) is 34.7 Å². The minimum Gasteiger partial charge on any atom is -0.324 e. The zero-order valence-corrected chi connectivity index (χ0v) is 12.4. The van der Waals surface area contributed by atoms with Gasteiger partial charge in [0.25, 0.3) is 0 Å². The molecule has 1 N–H and O–H groups in total. The Bertz CT molecular complexity index is 831. The van der Waals surface area contributed by atoms with Crippen LogP contribution in [0.5, 0.6) is 0 Å². The molecule has 0 unspecified atom stereocenters. The van der Waals surface area contributed by atoms with Crippen LogP contribution in [0.1, 0.15) is 11.4 Å². The third-order valence-corrected chi connectivity index (χ3v) is 3.59. The van der Waals surface area contributed by atoms with Crippen molar-refractivity contribution in [3.63, 3.8) is 0 Å². The van der Waals surface area contributed by atoms with Gasteiger partial charge < -0.3 is 9.88 Å². The molecule has 4 nitrogen and oxygen atoms in total. The zero-order chi connectivity index (χ0) is 15.5. The van der Waals surface area contributed by atoms with Crippen LogP contribution in [0.15, 0.2) is 61.2 Å². The summed E-state index contributed by atoms with van der Waals surface area (Å²) in [6.45, 7) is 6.21. The first-order chi connectivity index (χ1) is 10.7. The Morgan fingerprint density at radius 2 is 1.95 bits per heavy atom. The Hall–Kier alpha value is -2.88. The summed E-state index contributed by atoms with van der Waals surface area (Å²) in [5.74, 6) is 0.787. The van der Waals surface area contributed by atoms with Crippen molar-refractivity contribution in [1.82, 2.24) is 9.55 Å². The van der Waals surface area contributed by atoms with Gasteiger partial charge in [-0.2, -0.15) is 0 Å². The Morgan fingerprint density at radius 1 is 1.23 bits per heavy atom. The van der Waals surface area contributed by atoms with Crippen LogP contribution in [0.3, 0.4) is 0 Å². The van der Waals surface area contributed by atoms with Crippen LogP contribution in [-0.2, 0) is 11.3 Å². The number of benzene rings is 2. The van der Waals surface area contributed by atoms with E-state index in [1.165, 1.54) is 6.08 Å². The van der Waals surface area contributed by atoms with Crippen molar-refractivity contribution >= 4 is 22.6 Å². The summed E-state index contributed by atoms with van der Waals surface area (Å²) in [7, 11) is 0. The molecule has 0 aliphatic rings. The maximum atomic E-state index is 11.3. The van der Waals surface area contributed by atoms with Gasteiger partial charge in [0.05, 0.1) is 11.0 Å². The van der Waals surface area contributed by atoms with Crippen LogP contribution in [0.4, 0.5) is 5.69 Å². The van der Waals surface area contributed by atoms with Gasteiger partial charge in [0, 0.05) is 12.2 Å². The maximum absolute atomic E-state index is 11.3. The molecule has 0 saturated heterocycles. The maximum Gasteiger partial charge on any atom is 0.247 e. The fraction of sp³-hybridized carbons (Fsp3) is 0.111. The number of carbonyl (C=O) groups is 1. The number of anilines is 1. The van der Waals surface area contributed by atoms with E-state index in [-0.39, 0.29) is 5.91 Å². The second-order valence-corrected chi connectivity index (χ2v) is 5.12. The van der Waals surface area contributed by atoms with Crippen molar-refractivity contribution in [3.8, 4) is 0 Å². The van der Waals surface area contributed by atoms with E-state index in [2.05, 4.69) is 27.5 Å². The number of imidazole rings is 1. The van der Waals surface area contributed by atoms with Crippen molar-refractivity contribution in [1.29, 1.82) is 0 Å². The van der Waals surface area contributed by atoms with Gasteiger partial charge in [-0.25, -0.2) is 4.98 Å². The largest absolute Gasteiger partial charge is 0.324 e. The Kier molecular flexibility index (Phi) is 3.74. The first-order valence-corrected chi connectivity index (χ1v) is 7.11. The molecule has 0 bridgehead atoms. The van der Waals surface area contributed by atoms with Crippen molar-refractivity contribution in [3.05, 3.63) is 72.6 Å². The third kappa shape index (κ3) is 2.76. The average Bonchev–Trinajstić information content (AvgIpc) is 2.85. The first-order valence-electron chi connectivity index (χ1n) is 7.11. The average molecular weight is 291 g/mol. The second kappa shape index (κ2) is 5.85. The molecule has 0 atom stereocenters. The summed E-state index contributed by atoms with van der Waals surface area (Å²) >= 11 is 0. The number of aryl methyl sites for hydroxylation is 1. The highest BCUT2D eigenvalue weighted by molar-refractivity contribution is 5.98. The lowest BCUT2D eigenvalue weighted by Crippen LogP contribution is -2.07. The normalized spacial score (nSPS) is 10.6. The Balaban J connectivity index is 1.84. The van der Waals surface area contributed by atoms with E-state index in [0.29, 0.717) is 0 Å². The van der Waals surface area contributed by atoms with Gasteiger partial charge in [0.1, 0.15) is 5.82 Å². The highest BCUT2D eigenvalue weighted by atomic mass is 16.1. The van der Waals surface area contributed by atoms with E-state index in [1.807, 2.05) is 49.4 Å². The fourth-order valence-electron chi connectivity index (χ4n) is 2.46. The summed E-state index contributed by atoms with van der Waals surface area (Å²) < 4.78 is 2.19. The van der Waals surface area contributed by atoms with E-state index in [4.69, 9.17) is 0 Å². The van der Waals surface area contributed by atoms with Crippen molar-refractivity contribution in [2.75, 3.05) is 5.32 Å². The molecule has 22 heavy (non-hydrogen) atoms. The number of fused-ring (bicyclic) bond motifs is 1. The van der Waals surface area contributed by atoms with Crippen LogP contribution in [0.25, 0.3) is 11.0 Å². The molecule has 4 heteroatoms. The van der Waals surface area contributed by atoms with Crippen LogP contribution < -0.4 is 5.32 Å². The Morgan fingerprint density at radius 3 is 2.68 bits per heavy atom. The van der Waals surface area contributed by atoms with Gasteiger partial charge in [-0.05, 0) is 42.8 Å². The molecule has 0 radical (unpaired) electrons. The van der Waals surface area contributed by atoms with Crippen LogP contribution in [0, 0.1) is 6.92 Å². The SMILES string of the molecule is C=CC(=O)Nc1ccc(Cn2c(C)nc3ccccc32)cc1. The molecule has 0 spiro atoms. The van der Waals surface area contributed by atoms with Crippen LogP contribution >= 0.6 is 0 Å². The van der Waals surface area contributed by atoms with Gasteiger partial charge in [-0.15, -0.1) is 0 Å². The van der Waals surface area contributed by atoms with E-state index < -0.39 is 0 Å². The molecule has 3 aromatic rings. The summed E-state index contributed by atoms with van der Waals surface area (Å²) in [4.78, 5) is 15.8. The van der Waals surface area contributed by atoms with Crippen molar-refractivity contribution in [2.24, 2.45) is 0 Å². The van der Waals surface area contributed by atoms with E-state index >= 15 is 0 Å². The fourth-order valence-corrected chi connectivity index (χ4v) is 2.46. The van der Waals surface area contributed by atoms with Crippen LogP contribution in [0.2, 0.25) is 0 Å². The van der Waals surface area contributed by atoms with E-state index in [9.17, 15) is 4.79 Å². The third-order valence-electron chi connectivity index (χ3n) is 3.59. The van der Waals surface area contributed by atoms with Crippen molar-refractivity contribution < 1.29 is 4.79 Å². The number of amides is 1. The number of rotatable bonds is 4. The minimum absolute atomic E-state index is 0.204. The molecule has 0 aliphatic heterocycles. The highest BCUT2D eigenvalue weighted by Crippen LogP contribution is 2.18. The van der Waals surface area contributed by atoms with Crippen LogP contribution in [-0.4, -0.2) is 15.5 Å². The molecule has 1 heterocycles. The second-order valence-electron chi connectivity index (χ2n) is 5.12. The summed E-state index contributed by atoms with van der Waals surface area (Å²) in [5.41, 5.74) is 4.06. The molecular formula is C18H17N3O. The summed E-state index contributed by atoms with van der Waals surface area (Å²) in [5, 5.41) is 2.74. The summed E-state index contributed by atoms with van der Waals surface area (Å²) in [6, 6.07) is 15.9. The molecule has 1 amide bonds. The smallest absolute Gasteiger partial charge is 0.247 e. The quantitative estimate of drug-likeness (QED) is 0.748. The molecule has 110 valence electrons. The number of nitrogens with zero attached hydrogens (tertiary/aromatic N) is 2. The lowest BCUT2D eigenvalue weighted by atomic mass is 10.2. The predicted octanol–water partition coefficient (Wildman–Crippen LogP) is 3.52. The summed E-state index contributed by atoms with van der Waals surface area (Å²) in [6.07, 6.45) is 1.26. The molecule has 0 fully saturated rings. The predicted molar refractivity (Wildman–Crippen MR) is 88.8 cm³/mol. The van der Waals surface area contributed by atoms with Gasteiger partial charge in [-0.3, -0.25) is 4.79 Å². The first kappa shape index (κ1) is 14.1. The van der Waals surface area contributed by atoms with Gasteiger partial charge in [-0.1, -0.05) is 30.8 Å². The molecule has 2 aromatic carbocycles. The standard InChI is InChI=1S/C18H17N3O/c1-3-18(22)20-15-10-8-14(9-11-15)12-21-13(2)19-16-6-4-5-7-17(16)21/h3-11H,1,12H2,2H3,(H,20,22). The molecule has 0 saturated carbocycles. The van der Waals surface area contributed by atoms with Gasteiger partial charge in [0.2, 0.25) is 5.91 Å². The topological polar surface area (TPSA) is 46.9 Å².